The molecule has 0 radical (unpaired) electrons. The van der Waals surface area contributed by atoms with Gasteiger partial charge in [-0.3, -0.25) is 4.79 Å². The zero-order valence-corrected chi connectivity index (χ0v) is 12.4. The molecule has 1 unspecified atom stereocenters. The lowest BCUT2D eigenvalue weighted by molar-refractivity contribution is -0.605. The molecule has 1 aromatic heterocycles. The van der Waals surface area contributed by atoms with Crippen LogP contribution in [-0.4, -0.2) is 28.5 Å². The molecule has 1 aromatic carbocycles. The quantitative estimate of drug-likeness (QED) is 0.675. The van der Waals surface area contributed by atoms with Crippen LogP contribution in [0.2, 0.25) is 0 Å². The van der Waals surface area contributed by atoms with Crippen LogP contribution in [0.1, 0.15) is 34.9 Å². The number of aliphatic hydroxyl groups is 1. The first-order valence-electron chi connectivity index (χ1n) is 7.48. The Morgan fingerprint density at radius 1 is 1.35 bits per heavy atom. The van der Waals surface area contributed by atoms with Crippen LogP contribution in [-0.2, 0) is 0 Å². The molecule has 5 nitrogen and oxygen atoms in total. The predicted molar refractivity (Wildman–Crippen MR) is 80.8 cm³/mol. The maximum atomic E-state index is 13.0. The smallest absolute Gasteiger partial charge is 0.260 e. The highest BCUT2D eigenvalue weighted by Gasteiger charge is 2.35. The molecule has 3 rings (SSSR count). The molecule has 0 bridgehead atoms. The van der Waals surface area contributed by atoms with Gasteiger partial charge in [-0.2, -0.15) is 4.73 Å². The number of carbonyl (C=O) groups is 1. The number of aromatic nitrogens is 1. The SMILES string of the molecule is O=C(c1ccc[n+]([O-])c1)N(CC(O)c1ccc(F)cc1)C1CC1. The molecule has 1 heterocycles. The molecule has 120 valence electrons. The maximum Gasteiger partial charge on any atom is 0.260 e. The molecule has 1 aliphatic rings. The van der Waals surface area contributed by atoms with Gasteiger partial charge < -0.3 is 15.2 Å². The summed E-state index contributed by atoms with van der Waals surface area (Å²) in [4.78, 5) is 14.2. The second-order valence-corrected chi connectivity index (χ2v) is 5.71. The molecule has 1 fully saturated rings. The Balaban J connectivity index is 1.76. The van der Waals surface area contributed by atoms with E-state index in [1.54, 1.807) is 11.0 Å². The van der Waals surface area contributed by atoms with Crippen molar-refractivity contribution >= 4 is 5.91 Å². The zero-order valence-electron chi connectivity index (χ0n) is 12.4. The Kier molecular flexibility index (Phi) is 4.25. The molecule has 1 aliphatic carbocycles. The lowest BCUT2D eigenvalue weighted by Crippen LogP contribution is -2.38. The number of hydrogen-bond donors (Lipinski definition) is 1. The number of halogens is 1. The van der Waals surface area contributed by atoms with E-state index in [-0.39, 0.29) is 24.3 Å². The molecule has 23 heavy (non-hydrogen) atoms. The van der Waals surface area contributed by atoms with Crippen LogP contribution in [0, 0.1) is 11.0 Å². The normalized spacial score (nSPS) is 15.2. The van der Waals surface area contributed by atoms with Crippen LogP contribution in [0.25, 0.3) is 0 Å². The third kappa shape index (κ3) is 3.65. The molecule has 0 spiro atoms. The third-order valence-electron chi connectivity index (χ3n) is 3.89. The summed E-state index contributed by atoms with van der Waals surface area (Å²) in [5.41, 5.74) is 0.845. The summed E-state index contributed by atoms with van der Waals surface area (Å²) in [7, 11) is 0. The average molecular weight is 316 g/mol. The number of benzene rings is 1. The fourth-order valence-electron chi connectivity index (χ4n) is 2.51. The second-order valence-electron chi connectivity index (χ2n) is 5.71. The van der Waals surface area contributed by atoms with Gasteiger partial charge in [0.2, 0.25) is 0 Å². The fourth-order valence-corrected chi connectivity index (χ4v) is 2.51. The van der Waals surface area contributed by atoms with Gasteiger partial charge in [0.25, 0.3) is 5.91 Å². The van der Waals surface area contributed by atoms with Crippen LogP contribution in [0.4, 0.5) is 4.39 Å². The van der Waals surface area contributed by atoms with Crippen molar-refractivity contribution in [2.75, 3.05) is 6.54 Å². The molecular formula is C17H17FN2O3. The number of hydrogen-bond acceptors (Lipinski definition) is 3. The van der Waals surface area contributed by atoms with Gasteiger partial charge in [-0.25, -0.2) is 4.39 Å². The van der Waals surface area contributed by atoms with E-state index in [0.29, 0.717) is 15.9 Å². The number of nitrogens with zero attached hydrogens (tertiary/aromatic N) is 2. The first kappa shape index (κ1) is 15.4. The minimum absolute atomic E-state index is 0.0814. The van der Waals surface area contributed by atoms with Crippen molar-refractivity contribution in [1.29, 1.82) is 0 Å². The van der Waals surface area contributed by atoms with Crippen molar-refractivity contribution in [3.63, 3.8) is 0 Å². The van der Waals surface area contributed by atoms with Gasteiger partial charge >= 0.3 is 0 Å². The van der Waals surface area contributed by atoms with Crippen molar-refractivity contribution in [1.82, 2.24) is 4.90 Å². The zero-order chi connectivity index (χ0) is 16.4. The fraction of sp³-hybridized carbons (Fsp3) is 0.294. The van der Waals surface area contributed by atoms with E-state index in [1.807, 2.05) is 0 Å². The number of amides is 1. The lowest BCUT2D eigenvalue weighted by atomic mass is 10.1. The first-order valence-corrected chi connectivity index (χ1v) is 7.48. The molecule has 0 saturated heterocycles. The number of pyridine rings is 1. The Bertz CT molecular complexity index is 701. The topological polar surface area (TPSA) is 67.5 Å². The van der Waals surface area contributed by atoms with Crippen molar-refractivity contribution in [3.05, 3.63) is 70.9 Å². The number of carbonyl (C=O) groups excluding carboxylic acids is 1. The molecule has 1 N–H and O–H groups in total. The first-order chi connectivity index (χ1) is 11.0. The van der Waals surface area contributed by atoms with Crippen molar-refractivity contribution in [3.8, 4) is 0 Å². The third-order valence-corrected chi connectivity index (χ3v) is 3.89. The van der Waals surface area contributed by atoms with E-state index >= 15 is 0 Å². The molecule has 6 heteroatoms. The summed E-state index contributed by atoms with van der Waals surface area (Å²) >= 11 is 0. The van der Waals surface area contributed by atoms with Gasteiger partial charge in [-0.1, -0.05) is 12.1 Å². The minimum Gasteiger partial charge on any atom is -0.619 e. The standard InChI is InChI=1S/C17H17FN2O3/c18-14-5-3-12(4-6-14)16(21)11-20(15-7-8-15)17(22)13-2-1-9-19(23)10-13/h1-6,9-10,15-16,21H,7-8,11H2. The molecule has 1 amide bonds. The van der Waals surface area contributed by atoms with E-state index in [9.17, 15) is 19.5 Å². The second kappa shape index (κ2) is 6.34. The Hall–Kier alpha value is -2.47. The van der Waals surface area contributed by atoms with Gasteiger partial charge in [0.05, 0.1) is 12.6 Å². The largest absolute Gasteiger partial charge is 0.619 e. The van der Waals surface area contributed by atoms with E-state index in [1.165, 1.54) is 42.7 Å². The van der Waals surface area contributed by atoms with Crippen LogP contribution in [0.3, 0.4) is 0 Å². The van der Waals surface area contributed by atoms with Gasteiger partial charge in [-0.05, 0) is 36.6 Å². The summed E-state index contributed by atoms with van der Waals surface area (Å²) in [6, 6.07) is 8.74. The van der Waals surface area contributed by atoms with Crippen molar-refractivity contribution in [2.24, 2.45) is 0 Å². The Morgan fingerprint density at radius 3 is 2.65 bits per heavy atom. The maximum absolute atomic E-state index is 13.0. The monoisotopic (exact) mass is 316 g/mol. The van der Waals surface area contributed by atoms with Crippen LogP contribution < -0.4 is 4.73 Å². The van der Waals surface area contributed by atoms with Gasteiger partial charge in [-0.15, -0.1) is 0 Å². The minimum atomic E-state index is -0.900. The van der Waals surface area contributed by atoms with Crippen LogP contribution >= 0.6 is 0 Å². The van der Waals surface area contributed by atoms with E-state index in [2.05, 4.69) is 0 Å². The lowest BCUT2D eigenvalue weighted by Gasteiger charge is -2.25. The van der Waals surface area contributed by atoms with E-state index in [0.717, 1.165) is 12.8 Å². The van der Waals surface area contributed by atoms with Crippen LogP contribution in [0.15, 0.2) is 48.8 Å². The highest BCUT2D eigenvalue weighted by Crippen LogP contribution is 2.30. The molecule has 1 saturated carbocycles. The summed E-state index contributed by atoms with van der Waals surface area (Å²) in [5, 5.41) is 21.7. The number of aliphatic hydroxyl groups excluding tert-OH is 1. The van der Waals surface area contributed by atoms with Gasteiger partial charge in [0.1, 0.15) is 11.4 Å². The van der Waals surface area contributed by atoms with E-state index < -0.39 is 6.10 Å². The Labute approximate surface area is 133 Å². The average Bonchev–Trinajstić information content (AvgIpc) is 3.37. The summed E-state index contributed by atoms with van der Waals surface area (Å²) in [5.74, 6) is -0.653. The predicted octanol–water partition coefficient (Wildman–Crippen LogP) is 1.80. The molecule has 2 aromatic rings. The van der Waals surface area contributed by atoms with Crippen molar-refractivity contribution in [2.45, 2.75) is 25.0 Å². The van der Waals surface area contributed by atoms with E-state index in [4.69, 9.17) is 0 Å². The molecular weight excluding hydrogens is 299 g/mol. The van der Waals surface area contributed by atoms with Crippen molar-refractivity contribution < 1.29 is 19.0 Å². The van der Waals surface area contributed by atoms with Crippen LogP contribution in [0.5, 0.6) is 0 Å². The molecule has 0 aliphatic heterocycles. The van der Waals surface area contributed by atoms with Gasteiger partial charge in [0, 0.05) is 12.1 Å². The molecule has 1 atom stereocenters. The highest BCUT2D eigenvalue weighted by molar-refractivity contribution is 5.94. The van der Waals surface area contributed by atoms with Gasteiger partial charge in [0.15, 0.2) is 12.4 Å². The highest BCUT2D eigenvalue weighted by atomic mass is 19.1. The summed E-state index contributed by atoms with van der Waals surface area (Å²) < 4.78 is 13.5. The summed E-state index contributed by atoms with van der Waals surface area (Å²) in [6.45, 7) is 0.114. The Morgan fingerprint density at radius 2 is 2.04 bits per heavy atom. The number of rotatable bonds is 5. The summed E-state index contributed by atoms with van der Waals surface area (Å²) in [6.07, 6.45) is 3.40.